The topological polar surface area (TPSA) is 78.9 Å². The summed E-state index contributed by atoms with van der Waals surface area (Å²) in [5.74, 6) is -0.916. The second-order valence-electron chi connectivity index (χ2n) is 23.4. The van der Waals surface area contributed by atoms with Gasteiger partial charge in [-0.05, 0) is 89.9 Å². The molecule has 0 aliphatic carbocycles. The number of esters is 3. The summed E-state index contributed by atoms with van der Waals surface area (Å²) in [6, 6.07) is 0. The quantitative estimate of drug-likeness (QED) is 0.0261. The Labute approximate surface area is 497 Å². The maximum absolute atomic E-state index is 12.9. The first-order valence-electron chi connectivity index (χ1n) is 34.9. The zero-order valence-corrected chi connectivity index (χ0v) is 53.3. The molecule has 0 saturated heterocycles. The van der Waals surface area contributed by atoms with E-state index in [1.807, 2.05) is 0 Å². The Balaban J connectivity index is 4.27. The molecule has 0 fully saturated rings. The normalized spacial score (nSPS) is 12.5. The second kappa shape index (κ2) is 68.3. The summed E-state index contributed by atoms with van der Waals surface area (Å²) in [5.41, 5.74) is 0. The van der Waals surface area contributed by atoms with Crippen LogP contribution in [0.15, 0.2) is 72.9 Å². The Morgan fingerprint density at radius 3 is 0.812 bits per heavy atom. The van der Waals surface area contributed by atoms with Crippen LogP contribution in [0.4, 0.5) is 0 Å². The fourth-order valence-corrected chi connectivity index (χ4v) is 10.2. The molecular formula is C74H132O6. The maximum atomic E-state index is 12.9. The van der Waals surface area contributed by atoms with Gasteiger partial charge in [0.15, 0.2) is 6.10 Å². The highest BCUT2D eigenvalue weighted by atomic mass is 16.6. The minimum absolute atomic E-state index is 0.0873. The Morgan fingerprint density at radius 1 is 0.263 bits per heavy atom. The van der Waals surface area contributed by atoms with Crippen molar-refractivity contribution in [2.24, 2.45) is 0 Å². The van der Waals surface area contributed by atoms with Gasteiger partial charge in [-0.3, -0.25) is 14.4 Å². The van der Waals surface area contributed by atoms with Crippen LogP contribution in [0.5, 0.6) is 0 Å². The molecule has 0 saturated carbocycles. The van der Waals surface area contributed by atoms with Crippen molar-refractivity contribution in [3.63, 3.8) is 0 Å². The number of allylic oxidation sites excluding steroid dienone is 12. The molecule has 6 heteroatoms. The van der Waals surface area contributed by atoms with Gasteiger partial charge in [0.2, 0.25) is 0 Å². The number of unbranched alkanes of at least 4 members (excludes halogenated alkanes) is 41. The van der Waals surface area contributed by atoms with Gasteiger partial charge in [-0.15, -0.1) is 0 Å². The third kappa shape index (κ3) is 65.7. The van der Waals surface area contributed by atoms with Crippen LogP contribution in [0, 0.1) is 0 Å². The molecule has 0 rings (SSSR count). The van der Waals surface area contributed by atoms with Crippen LogP contribution < -0.4 is 0 Å². The van der Waals surface area contributed by atoms with Crippen molar-refractivity contribution in [1.82, 2.24) is 0 Å². The van der Waals surface area contributed by atoms with Crippen molar-refractivity contribution in [2.75, 3.05) is 13.2 Å². The number of rotatable bonds is 64. The molecule has 6 nitrogen and oxygen atoms in total. The number of ether oxygens (including phenoxy) is 3. The van der Waals surface area contributed by atoms with Gasteiger partial charge in [0.25, 0.3) is 0 Å². The van der Waals surface area contributed by atoms with Crippen LogP contribution in [0.3, 0.4) is 0 Å². The number of carbonyl (C=O) groups excluding carboxylic acids is 3. The van der Waals surface area contributed by atoms with E-state index in [1.54, 1.807) is 0 Å². The van der Waals surface area contributed by atoms with Crippen molar-refractivity contribution in [2.45, 2.75) is 367 Å². The van der Waals surface area contributed by atoms with Gasteiger partial charge in [-0.25, -0.2) is 0 Å². The summed E-state index contributed by atoms with van der Waals surface area (Å²) >= 11 is 0. The predicted octanol–water partition coefficient (Wildman–Crippen LogP) is 24.1. The molecule has 0 spiro atoms. The molecule has 0 radical (unpaired) electrons. The van der Waals surface area contributed by atoms with E-state index in [1.165, 1.54) is 231 Å². The Morgan fingerprint density at radius 2 is 0.487 bits per heavy atom. The van der Waals surface area contributed by atoms with Crippen LogP contribution in [0.2, 0.25) is 0 Å². The highest BCUT2D eigenvalue weighted by Gasteiger charge is 2.19. The Kier molecular flexibility index (Phi) is 65.7. The molecule has 0 aliphatic heterocycles. The first-order valence-corrected chi connectivity index (χ1v) is 34.9. The summed E-state index contributed by atoms with van der Waals surface area (Å²) in [6.07, 6.45) is 89.4. The first kappa shape index (κ1) is 76.9. The van der Waals surface area contributed by atoms with Crippen LogP contribution >= 0.6 is 0 Å². The smallest absolute Gasteiger partial charge is 0.306 e. The van der Waals surface area contributed by atoms with Gasteiger partial charge in [0, 0.05) is 19.3 Å². The van der Waals surface area contributed by atoms with E-state index in [2.05, 4.69) is 93.7 Å². The lowest BCUT2D eigenvalue weighted by Crippen LogP contribution is -2.30. The minimum atomic E-state index is -0.795. The lowest BCUT2D eigenvalue weighted by atomic mass is 10.0. The van der Waals surface area contributed by atoms with Crippen LogP contribution in [0.1, 0.15) is 361 Å². The summed E-state index contributed by atoms with van der Waals surface area (Å²) in [4.78, 5) is 38.4. The highest BCUT2D eigenvalue weighted by Crippen LogP contribution is 2.18. The molecule has 0 aromatic rings. The number of carbonyl (C=O) groups is 3. The fraction of sp³-hybridized carbons (Fsp3) is 0.797. The average molecular weight is 1120 g/mol. The zero-order valence-electron chi connectivity index (χ0n) is 53.3. The number of hydrogen-bond donors (Lipinski definition) is 0. The molecule has 80 heavy (non-hydrogen) atoms. The van der Waals surface area contributed by atoms with Gasteiger partial charge in [-0.1, -0.05) is 325 Å². The summed E-state index contributed by atoms with van der Waals surface area (Å²) < 4.78 is 16.9. The standard InChI is InChI=1S/C74H132O6/c1-4-7-10-13-16-19-22-25-28-30-32-33-34-35-36-37-38-39-40-42-43-46-49-52-55-58-61-64-67-73(76)79-70-71(69-78-72(75)66-63-60-57-54-51-48-45-27-24-21-18-15-12-9-6-3)80-74(77)68-65-62-59-56-53-50-47-44-41-31-29-26-23-20-17-14-11-8-5-2/h9,12,17-18,20-21,26-27,29,45,51,54,71H,4-8,10-11,13-16,19,22-25,28,30-44,46-50,52-53,55-70H2,1-3H3/b12-9-,20-17-,21-18-,29-26-,45-27-,54-51-. The summed E-state index contributed by atoms with van der Waals surface area (Å²) in [6.45, 7) is 6.52. The third-order valence-corrected chi connectivity index (χ3v) is 15.4. The van der Waals surface area contributed by atoms with Gasteiger partial charge >= 0.3 is 17.9 Å². The van der Waals surface area contributed by atoms with Crippen molar-refractivity contribution >= 4 is 17.9 Å². The molecule has 464 valence electrons. The van der Waals surface area contributed by atoms with Gasteiger partial charge in [0.1, 0.15) is 13.2 Å². The Bertz CT molecular complexity index is 1470. The van der Waals surface area contributed by atoms with E-state index in [0.29, 0.717) is 19.3 Å². The van der Waals surface area contributed by atoms with E-state index in [9.17, 15) is 14.4 Å². The zero-order chi connectivity index (χ0) is 57.8. The predicted molar refractivity (Wildman–Crippen MR) is 348 cm³/mol. The minimum Gasteiger partial charge on any atom is -0.462 e. The largest absolute Gasteiger partial charge is 0.462 e. The van der Waals surface area contributed by atoms with Crippen LogP contribution in [-0.2, 0) is 28.6 Å². The molecule has 0 aromatic heterocycles. The monoisotopic (exact) mass is 1120 g/mol. The maximum Gasteiger partial charge on any atom is 0.306 e. The van der Waals surface area contributed by atoms with Crippen molar-refractivity contribution < 1.29 is 28.6 Å². The van der Waals surface area contributed by atoms with E-state index < -0.39 is 6.10 Å². The fourth-order valence-electron chi connectivity index (χ4n) is 10.2. The molecule has 1 atom stereocenters. The van der Waals surface area contributed by atoms with Crippen LogP contribution in [0.25, 0.3) is 0 Å². The highest BCUT2D eigenvalue weighted by molar-refractivity contribution is 5.71. The van der Waals surface area contributed by atoms with Crippen molar-refractivity contribution in [1.29, 1.82) is 0 Å². The molecule has 0 N–H and O–H groups in total. The molecule has 0 aliphatic rings. The summed E-state index contributed by atoms with van der Waals surface area (Å²) in [7, 11) is 0. The molecule has 0 amide bonds. The first-order chi connectivity index (χ1) is 39.5. The molecular weight excluding hydrogens is 985 g/mol. The lowest BCUT2D eigenvalue weighted by Gasteiger charge is -2.18. The van der Waals surface area contributed by atoms with Gasteiger partial charge in [0.05, 0.1) is 0 Å². The van der Waals surface area contributed by atoms with E-state index in [-0.39, 0.29) is 31.1 Å². The van der Waals surface area contributed by atoms with Crippen molar-refractivity contribution in [3.05, 3.63) is 72.9 Å². The SMILES string of the molecule is CC/C=C\C/C=C\C/C=C\C/C=C\CCCCC(=O)OCC(COC(=O)CCCCCCCCCCCCCCCCCCCCCCCCCCCCCC)OC(=O)CCCCCCCCCCC/C=C\C/C=C\CCCCC. The summed E-state index contributed by atoms with van der Waals surface area (Å²) in [5, 5.41) is 0. The van der Waals surface area contributed by atoms with Gasteiger partial charge in [-0.2, -0.15) is 0 Å². The molecule has 0 aromatic carbocycles. The number of hydrogen-bond acceptors (Lipinski definition) is 6. The molecule has 0 bridgehead atoms. The lowest BCUT2D eigenvalue weighted by molar-refractivity contribution is -0.167. The second-order valence-corrected chi connectivity index (χ2v) is 23.4. The van der Waals surface area contributed by atoms with E-state index >= 15 is 0 Å². The average Bonchev–Trinajstić information content (AvgIpc) is 3.46. The molecule has 0 heterocycles. The van der Waals surface area contributed by atoms with E-state index in [4.69, 9.17) is 14.2 Å². The third-order valence-electron chi connectivity index (χ3n) is 15.4. The van der Waals surface area contributed by atoms with Crippen LogP contribution in [-0.4, -0.2) is 37.2 Å². The molecule has 1 unspecified atom stereocenters. The van der Waals surface area contributed by atoms with E-state index in [0.717, 1.165) is 89.9 Å². The van der Waals surface area contributed by atoms with Gasteiger partial charge < -0.3 is 14.2 Å². The Hall–Kier alpha value is -3.15. The van der Waals surface area contributed by atoms with Crippen molar-refractivity contribution in [3.8, 4) is 0 Å².